The fourth-order valence-electron chi connectivity index (χ4n) is 5.80. The van der Waals surface area contributed by atoms with Crippen LogP contribution in [0.15, 0.2) is 41.3 Å². The number of aliphatic carboxylic acids is 1. The summed E-state index contributed by atoms with van der Waals surface area (Å²) in [6.45, 7) is 6.53. The molecule has 0 aliphatic carbocycles. The number of ether oxygens (including phenoxy) is 3. The van der Waals surface area contributed by atoms with Crippen molar-refractivity contribution in [1.82, 2.24) is 14.4 Å². The molecular weight excluding hydrogens is 514 g/mol. The lowest BCUT2D eigenvalue weighted by molar-refractivity contribution is -0.144. The van der Waals surface area contributed by atoms with Crippen LogP contribution in [0.1, 0.15) is 57.4 Å². The van der Waals surface area contributed by atoms with E-state index in [1.165, 1.54) is 13.2 Å². The molecule has 0 spiro atoms. The van der Waals surface area contributed by atoms with Gasteiger partial charge in [0.05, 0.1) is 19.6 Å². The molecule has 0 saturated carbocycles. The Bertz CT molecular complexity index is 1220. The van der Waals surface area contributed by atoms with Gasteiger partial charge in [-0.25, -0.2) is 0 Å². The first-order valence-electron chi connectivity index (χ1n) is 14.3. The number of amides is 1. The van der Waals surface area contributed by atoms with Crippen LogP contribution in [0.4, 0.5) is 0 Å². The number of unbranched alkanes of at least 4 members (excludes halogenated alkanes) is 2. The van der Waals surface area contributed by atoms with Crippen LogP contribution in [0.2, 0.25) is 0 Å². The normalized spacial score (nSPS) is 20.0. The number of likely N-dealkylation sites (tertiary alicyclic amines) is 1. The molecule has 1 saturated heterocycles. The zero-order chi connectivity index (χ0) is 28.6. The first kappa shape index (κ1) is 29.5. The largest absolute Gasteiger partial charge is 0.493 e. The van der Waals surface area contributed by atoms with E-state index < -0.39 is 23.8 Å². The van der Waals surface area contributed by atoms with Crippen LogP contribution in [-0.2, 0) is 16.1 Å². The molecule has 10 nitrogen and oxygen atoms in total. The topological polar surface area (TPSA) is 111 Å². The van der Waals surface area contributed by atoms with Crippen LogP contribution in [-0.4, -0.2) is 77.5 Å². The summed E-state index contributed by atoms with van der Waals surface area (Å²) in [6.07, 6.45) is 5.95. The highest BCUT2D eigenvalue weighted by molar-refractivity contribution is 5.79. The van der Waals surface area contributed by atoms with E-state index in [0.29, 0.717) is 49.8 Å². The molecule has 1 aromatic carbocycles. The fourth-order valence-corrected chi connectivity index (χ4v) is 5.80. The Kier molecular flexibility index (Phi) is 10.1. The van der Waals surface area contributed by atoms with Gasteiger partial charge in [0.1, 0.15) is 0 Å². The van der Waals surface area contributed by atoms with Gasteiger partial charge in [0, 0.05) is 50.4 Å². The van der Waals surface area contributed by atoms with Crippen molar-refractivity contribution in [2.45, 2.75) is 64.5 Å². The van der Waals surface area contributed by atoms with Crippen LogP contribution in [0.3, 0.4) is 0 Å². The number of nitrogens with zero attached hydrogens (tertiary/aromatic N) is 3. The number of carbonyl (C=O) groups excluding carboxylic acids is 1. The smallest absolute Gasteiger partial charge is 0.308 e. The first-order valence-corrected chi connectivity index (χ1v) is 14.3. The summed E-state index contributed by atoms with van der Waals surface area (Å²) in [7, 11) is 1.54. The van der Waals surface area contributed by atoms with E-state index in [1.54, 1.807) is 22.9 Å². The van der Waals surface area contributed by atoms with Gasteiger partial charge >= 0.3 is 5.97 Å². The molecule has 218 valence electrons. The highest BCUT2D eigenvalue weighted by Crippen LogP contribution is 2.47. The van der Waals surface area contributed by atoms with Gasteiger partial charge in [-0.05, 0) is 43.0 Å². The lowest BCUT2D eigenvalue weighted by Crippen LogP contribution is -2.45. The molecule has 3 heterocycles. The number of carbonyl (C=O) groups is 2. The van der Waals surface area contributed by atoms with Crippen molar-refractivity contribution < 1.29 is 28.9 Å². The Balaban J connectivity index is 1.65. The van der Waals surface area contributed by atoms with Gasteiger partial charge in [-0.15, -0.1) is 0 Å². The Labute approximate surface area is 235 Å². The van der Waals surface area contributed by atoms with E-state index in [2.05, 4.69) is 13.8 Å². The fraction of sp³-hybridized carbons (Fsp3) is 0.567. The van der Waals surface area contributed by atoms with Crippen LogP contribution in [0.5, 0.6) is 17.2 Å². The molecule has 2 aromatic rings. The number of methoxy groups -OCH3 is 1. The SMILES string of the molecule is CCCCN(CCCC)C(=O)CN1CC(c2cc(OC)c3c(c2)OCO3)C(C(=O)O)C1CCn1ccccc1=O. The summed E-state index contributed by atoms with van der Waals surface area (Å²) >= 11 is 0. The van der Waals surface area contributed by atoms with Crippen LogP contribution in [0, 0.1) is 5.92 Å². The zero-order valence-corrected chi connectivity index (χ0v) is 23.7. The highest BCUT2D eigenvalue weighted by atomic mass is 16.7. The second-order valence-electron chi connectivity index (χ2n) is 10.5. The molecule has 1 N–H and O–H groups in total. The average molecular weight is 556 g/mol. The summed E-state index contributed by atoms with van der Waals surface area (Å²) in [5.74, 6) is -0.617. The Hall–Kier alpha value is -3.53. The summed E-state index contributed by atoms with van der Waals surface area (Å²) in [5, 5.41) is 10.5. The molecule has 1 fully saturated rings. The van der Waals surface area contributed by atoms with Gasteiger partial charge in [-0.2, -0.15) is 0 Å². The molecular formula is C30H41N3O7. The number of benzene rings is 1. The number of aromatic nitrogens is 1. The van der Waals surface area contributed by atoms with Crippen molar-refractivity contribution in [2.24, 2.45) is 5.92 Å². The molecule has 3 unspecified atom stereocenters. The minimum atomic E-state index is -0.934. The van der Waals surface area contributed by atoms with Gasteiger partial charge < -0.3 is 28.8 Å². The van der Waals surface area contributed by atoms with Crippen molar-refractivity contribution >= 4 is 11.9 Å². The highest BCUT2D eigenvalue weighted by Gasteiger charge is 2.47. The standard InChI is InChI=1S/C30H41N3O7/c1-4-6-12-31(13-7-5-2)27(35)19-33-18-22(21-16-24(38-3)29-25(17-21)39-20-40-29)28(30(36)37)23(33)11-15-32-14-9-8-10-26(32)34/h8-10,14,16-17,22-23,28H,4-7,11-13,15,18-20H2,1-3H3,(H,36,37). The molecule has 3 atom stereocenters. The number of fused-ring (bicyclic) bond motifs is 1. The van der Waals surface area contributed by atoms with Gasteiger partial charge in [0.15, 0.2) is 11.5 Å². The molecule has 0 bridgehead atoms. The van der Waals surface area contributed by atoms with Gasteiger partial charge in [-0.1, -0.05) is 32.8 Å². The molecule has 40 heavy (non-hydrogen) atoms. The number of aryl methyl sites for hydroxylation is 1. The Morgan fingerprint density at radius 2 is 1.88 bits per heavy atom. The summed E-state index contributed by atoms with van der Waals surface area (Å²) in [6, 6.07) is 8.15. The lowest BCUT2D eigenvalue weighted by Gasteiger charge is -2.30. The van der Waals surface area contributed by atoms with E-state index >= 15 is 0 Å². The Morgan fingerprint density at radius 1 is 1.12 bits per heavy atom. The lowest BCUT2D eigenvalue weighted by atomic mass is 9.84. The summed E-state index contributed by atoms with van der Waals surface area (Å²) in [4.78, 5) is 42.7. The molecule has 2 aliphatic heterocycles. The van der Waals surface area contributed by atoms with Crippen LogP contribution >= 0.6 is 0 Å². The Morgan fingerprint density at radius 3 is 2.52 bits per heavy atom. The third-order valence-corrected chi connectivity index (χ3v) is 7.96. The minimum Gasteiger partial charge on any atom is -0.493 e. The number of hydrogen-bond donors (Lipinski definition) is 1. The van der Waals surface area contributed by atoms with Crippen molar-refractivity contribution in [3.63, 3.8) is 0 Å². The number of carboxylic acid groups (broad SMARTS) is 1. The van der Waals surface area contributed by atoms with E-state index in [9.17, 15) is 19.5 Å². The number of pyridine rings is 1. The van der Waals surface area contributed by atoms with Crippen molar-refractivity contribution in [1.29, 1.82) is 0 Å². The maximum atomic E-state index is 13.6. The number of carboxylic acids is 1. The summed E-state index contributed by atoms with van der Waals surface area (Å²) < 4.78 is 18.3. The van der Waals surface area contributed by atoms with Gasteiger partial charge in [0.25, 0.3) is 0 Å². The third-order valence-electron chi connectivity index (χ3n) is 7.96. The molecule has 0 radical (unpaired) electrons. The van der Waals surface area contributed by atoms with Crippen LogP contribution < -0.4 is 19.8 Å². The molecule has 1 amide bonds. The zero-order valence-electron chi connectivity index (χ0n) is 23.7. The predicted molar refractivity (Wildman–Crippen MR) is 150 cm³/mol. The van der Waals surface area contributed by atoms with E-state index in [4.69, 9.17) is 14.2 Å². The van der Waals surface area contributed by atoms with E-state index in [-0.39, 0.29) is 24.8 Å². The minimum absolute atomic E-state index is 0.0110. The van der Waals surface area contributed by atoms with E-state index in [1.807, 2.05) is 21.9 Å². The number of rotatable bonds is 14. The molecule has 1 aromatic heterocycles. The monoisotopic (exact) mass is 555 g/mol. The maximum absolute atomic E-state index is 13.6. The van der Waals surface area contributed by atoms with Gasteiger partial charge in [0.2, 0.25) is 24.0 Å². The molecule has 2 aliphatic rings. The third kappa shape index (κ3) is 6.60. The average Bonchev–Trinajstić information content (AvgIpc) is 3.57. The van der Waals surface area contributed by atoms with Crippen molar-refractivity contribution in [3.8, 4) is 17.2 Å². The van der Waals surface area contributed by atoms with Gasteiger partial charge in [-0.3, -0.25) is 19.3 Å². The number of hydrogen-bond acceptors (Lipinski definition) is 7. The van der Waals surface area contributed by atoms with Crippen LogP contribution in [0.25, 0.3) is 0 Å². The second kappa shape index (κ2) is 13.7. The second-order valence-corrected chi connectivity index (χ2v) is 10.5. The molecule has 10 heteroatoms. The molecule has 4 rings (SSSR count). The first-order chi connectivity index (χ1) is 19.4. The van der Waals surface area contributed by atoms with Crippen molar-refractivity contribution in [2.75, 3.05) is 40.1 Å². The maximum Gasteiger partial charge on any atom is 0.308 e. The van der Waals surface area contributed by atoms with E-state index in [0.717, 1.165) is 31.2 Å². The predicted octanol–water partition coefficient (Wildman–Crippen LogP) is 3.57. The van der Waals surface area contributed by atoms with Crippen molar-refractivity contribution in [3.05, 3.63) is 52.4 Å². The summed E-state index contributed by atoms with van der Waals surface area (Å²) in [5.41, 5.74) is 0.622. The quantitative estimate of drug-likeness (QED) is 0.377.